The predicted octanol–water partition coefficient (Wildman–Crippen LogP) is 2.03. The van der Waals surface area contributed by atoms with Gasteiger partial charge < -0.3 is 4.74 Å². The minimum Gasteiger partial charge on any atom is -0.364 e. The minimum atomic E-state index is -0.600. The van der Waals surface area contributed by atoms with Crippen molar-refractivity contribution in [2.75, 3.05) is 13.2 Å². The summed E-state index contributed by atoms with van der Waals surface area (Å²) in [4.78, 5) is 20.3. The van der Waals surface area contributed by atoms with Crippen LogP contribution < -0.4 is 0 Å². The molecule has 0 atom stereocenters. The summed E-state index contributed by atoms with van der Waals surface area (Å²) in [6.07, 6.45) is 0.768. The first-order valence-corrected chi connectivity index (χ1v) is 5.27. The Bertz CT molecular complexity index is 397. The largest absolute Gasteiger partial charge is 0.364 e. The smallest absolute Gasteiger partial charge is 0.226 e. The fourth-order valence-electron chi connectivity index (χ4n) is 1.42. The highest BCUT2D eigenvalue weighted by molar-refractivity contribution is 5.74. The number of hydrogen-bond donors (Lipinski definition) is 0. The lowest BCUT2D eigenvalue weighted by Crippen LogP contribution is -2.24. The van der Waals surface area contributed by atoms with Gasteiger partial charge in [-0.3, -0.25) is 14.9 Å². The van der Waals surface area contributed by atoms with Gasteiger partial charge in [-0.1, -0.05) is 24.3 Å². The summed E-state index contributed by atoms with van der Waals surface area (Å²) in [5, 5.41) is 10.2. The van der Waals surface area contributed by atoms with Gasteiger partial charge in [-0.25, -0.2) is 0 Å². The summed E-state index contributed by atoms with van der Waals surface area (Å²) < 4.78 is 5.47. The molecule has 5 nitrogen and oxygen atoms in total. The maximum absolute atomic E-state index is 10.5. The Morgan fingerprint density at radius 3 is 2.41 bits per heavy atom. The Labute approximate surface area is 99.5 Å². The number of nitrogens with zero attached hydrogens (tertiary/aromatic N) is 1. The van der Waals surface area contributed by atoms with E-state index in [4.69, 9.17) is 4.74 Å². The van der Waals surface area contributed by atoms with Crippen LogP contribution in [0.5, 0.6) is 0 Å². The first kappa shape index (κ1) is 13.3. The van der Waals surface area contributed by atoms with Crippen molar-refractivity contribution in [3.63, 3.8) is 0 Å². The van der Waals surface area contributed by atoms with E-state index >= 15 is 0 Å². The zero-order valence-electron chi connectivity index (χ0n) is 9.88. The highest BCUT2D eigenvalue weighted by Crippen LogP contribution is 2.24. The number of benzene rings is 1. The molecular weight excluding hydrogens is 222 g/mol. The molecule has 1 aromatic rings. The van der Waals surface area contributed by atoms with E-state index in [2.05, 4.69) is 0 Å². The summed E-state index contributed by atoms with van der Waals surface area (Å²) in [5.41, 5.74) is 0.874. The van der Waals surface area contributed by atoms with Crippen LogP contribution in [-0.2, 0) is 10.3 Å². The van der Waals surface area contributed by atoms with E-state index in [1.165, 1.54) is 0 Å². The molecule has 0 radical (unpaired) electrons. The van der Waals surface area contributed by atoms with Crippen molar-refractivity contribution < 1.29 is 14.5 Å². The normalized spacial score (nSPS) is 11.2. The van der Waals surface area contributed by atoms with Crippen molar-refractivity contribution in [2.45, 2.75) is 19.4 Å². The van der Waals surface area contributed by atoms with E-state index in [0.717, 1.165) is 11.8 Å². The molecule has 0 fully saturated rings. The Kier molecular flexibility index (Phi) is 4.34. The zero-order valence-corrected chi connectivity index (χ0v) is 9.88. The molecule has 1 aromatic carbocycles. The third-order valence-corrected chi connectivity index (χ3v) is 2.48. The summed E-state index contributed by atoms with van der Waals surface area (Å²) in [7, 11) is 0. The number of rotatable bonds is 6. The van der Waals surface area contributed by atoms with Crippen molar-refractivity contribution in [3.8, 4) is 0 Å². The van der Waals surface area contributed by atoms with Gasteiger partial charge in [0.2, 0.25) is 6.54 Å². The van der Waals surface area contributed by atoms with Gasteiger partial charge in [0.15, 0.2) is 0 Å². The van der Waals surface area contributed by atoms with E-state index in [1.807, 2.05) is 13.8 Å². The number of aldehydes is 1. The molecule has 0 aliphatic heterocycles. The van der Waals surface area contributed by atoms with Crippen LogP contribution in [0.2, 0.25) is 0 Å². The Balaban J connectivity index is 2.67. The molecule has 0 heterocycles. The maximum Gasteiger partial charge on any atom is 0.226 e. The third kappa shape index (κ3) is 3.96. The van der Waals surface area contributed by atoms with Gasteiger partial charge in [0.1, 0.15) is 12.9 Å². The Hall–Kier alpha value is -1.75. The molecule has 5 heteroatoms. The van der Waals surface area contributed by atoms with E-state index < -0.39 is 10.5 Å². The summed E-state index contributed by atoms with van der Waals surface area (Å²) in [5.74, 6) is 0. The molecule has 17 heavy (non-hydrogen) atoms. The molecule has 0 N–H and O–H groups in total. The highest BCUT2D eigenvalue weighted by Gasteiger charge is 2.21. The number of ether oxygens (including phenoxy) is 1. The van der Waals surface area contributed by atoms with Crippen LogP contribution >= 0.6 is 0 Å². The van der Waals surface area contributed by atoms with Gasteiger partial charge in [0.25, 0.3) is 0 Å². The predicted molar refractivity (Wildman–Crippen MR) is 62.7 cm³/mol. The van der Waals surface area contributed by atoms with Crippen molar-refractivity contribution >= 4 is 6.29 Å². The van der Waals surface area contributed by atoms with Crippen molar-refractivity contribution in [1.82, 2.24) is 0 Å². The fraction of sp³-hybridized carbons (Fsp3) is 0.417. The molecule has 0 aliphatic carbocycles. The monoisotopic (exact) mass is 237 g/mol. The molecule has 0 amide bonds. The molecule has 0 bridgehead atoms. The van der Waals surface area contributed by atoms with Crippen LogP contribution in [0.1, 0.15) is 29.8 Å². The van der Waals surface area contributed by atoms with E-state index in [1.54, 1.807) is 24.3 Å². The minimum absolute atomic E-state index is 0.0649. The first-order chi connectivity index (χ1) is 7.95. The second-order valence-electron chi connectivity index (χ2n) is 4.15. The molecule has 1 rings (SSSR count). The second kappa shape index (κ2) is 5.54. The van der Waals surface area contributed by atoms with E-state index in [9.17, 15) is 14.9 Å². The topological polar surface area (TPSA) is 69.4 Å². The van der Waals surface area contributed by atoms with Gasteiger partial charge in [-0.15, -0.1) is 0 Å². The van der Waals surface area contributed by atoms with E-state index in [0.29, 0.717) is 5.56 Å². The average molecular weight is 237 g/mol. The molecule has 0 aliphatic rings. The maximum atomic E-state index is 10.5. The standard InChI is InChI=1S/C12H15NO4/c1-12(2,17-8-7-13(15)16)11-5-3-10(9-14)4-6-11/h3-6,9H,7-8H2,1-2H3. The second-order valence-corrected chi connectivity index (χ2v) is 4.15. The first-order valence-electron chi connectivity index (χ1n) is 5.27. The van der Waals surface area contributed by atoms with Crippen molar-refractivity contribution in [1.29, 1.82) is 0 Å². The van der Waals surface area contributed by atoms with E-state index in [-0.39, 0.29) is 13.2 Å². The SMILES string of the molecule is CC(C)(OCC[N+](=O)[O-])c1ccc(C=O)cc1. The molecule has 0 spiro atoms. The molecule has 0 saturated heterocycles. The van der Waals surface area contributed by atoms with Crippen LogP contribution in [0.3, 0.4) is 0 Å². The molecular formula is C12H15NO4. The van der Waals surface area contributed by atoms with Crippen LogP contribution in [0.15, 0.2) is 24.3 Å². The van der Waals surface area contributed by atoms with Gasteiger partial charge in [-0.2, -0.15) is 0 Å². The summed E-state index contributed by atoms with van der Waals surface area (Å²) in [6, 6.07) is 6.97. The Morgan fingerprint density at radius 2 is 1.94 bits per heavy atom. The van der Waals surface area contributed by atoms with Crippen LogP contribution in [0, 0.1) is 10.1 Å². The highest BCUT2D eigenvalue weighted by atomic mass is 16.6. The van der Waals surface area contributed by atoms with Crippen molar-refractivity contribution in [2.24, 2.45) is 0 Å². The molecule has 0 saturated carbocycles. The number of hydrogen-bond acceptors (Lipinski definition) is 4. The van der Waals surface area contributed by atoms with Gasteiger partial charge in [0, 0.05) is 10.5 Å². The molecule has 92 valence electrons. The quantitative estimate of drug-likeness (QED) is 0.431. The lowest BCUT2D eigenvalue weighted by atomic mass is 9.97. The summed E-state index contributed by atoms with van der Waals surface area (Å²) in [6.45, 7) is 3.52. The fourth-order valence-corrected chi connectivity index (χ4v) is 1.42. The van der Waals surface area contributed by atoms with Gasteiger partial charge in [-0.05, 0) is 19.4 Å². The zero-order chi connectivity index (χ0) is 12.9. The lowest BCUT2D eigenvalue weighted by Gasteiger charge is -2.25. The van der Waals surface area contributed by atoms with Gasteiger partial charge >= 0.3 is 0 Å². The van der Waals surface area contributed by atoms with Crippen LogP contribution in [0.4, 0.5) is 0 Å². The third-order valence-electron chi connectivity index (χ3n) is 2.48. The van der Waals surface area contributed by atoms with Crippen LogP contribution in [-0.4, -0.2) is 24.4 Å². The van der Waals surface area contributed by atoms with Crippen LogP contribution in [0.25, 0.3) is 0 Å². The molecule has 0 unspecified atom stereocenters. The Morgan fingerprint density at radius 1 is 1.35 bits per heavy atom. The number of carbonyl (C=O) groups is 1. The average Bonchev–Trinajstić information content (AvgIpc) is 2.28. The lowest BCUT2D eigenvalue weighted by molar-refractivity contribution is -0.485. The molecule has 0 aromatic heterocycles. The van der Waals surface area contributed by atoms with Crippen molar-refractivity contribution in [3.05, 3.63) is 45.5 Å². The summed E-state index contributed by atoms with van der Waals surface area (Å²) >= 11 is 0. The van der Waals surface area contributed by atoms with Gasteiger partial charge in [0.05, 0.1) is 5.60 Å². The number of nitro groups is 1. The number of carbonyl (C=O) groups excluding carboxylic acids is 1.